The van der Waals surface area contributed by atoms with Crippen LogP contribution < -0.4 is 4.74 Å². The fraction of sp³-hybridized carbons (Fsp3) is 0.333. The summed E-state index contributed by atoms with van der Waals surface area (Å²) in [6.45, 7) is 3.33. The Balaban J connectivity index is 1.50. The third-order valence-corrected chi connectivity index (χ3v) is 6.55. The molecule has 0 N–H and O–H groups in total. The van der Waals surface area contributed by atoms with Crippen LogP contribution in [0.3, 0.4) is 0 Å². The Morgan fingerprint density at radius 1 is 0.788 bits per heavy atom. The molecule has 3 aromatic rings. The predicted octanol–water partition coefficient (Wildman–Crippen LogP) is 8.50. The van der Waals surface area contributed by atoms with Crippen molar-refractivity contribution in [2.45, 2.75) is 51.6 Å². The molecule has 0 bridgehead atoms. The summed E-state index contributed by atoms with van der Waals surface area (Å²) >= 11 is 0. The van der Waals surface area contributed by atoms with E-state index in [0.29, 0.717) is 12.0 Å². The highest BCUT2D eigenvalue weighted by Crippen LogP contribution is 2.38. The summed E-state index contributed by atoms with van der Waals surface area (Å²) < 4.78 is 74.3. The molecule has 1 aliphatic carbocycles. The van der Waals surface area contributed by atoms with Crippen LogP contribution in [0.1, 0.15) is 55.2 Å². The molecule has 3 aromatic carbocycles. The van der Waals surface area contributed by atoms with Crippen LogP contribution in [0.25, 0.3) is 11.1 Å². The monoisotopic (exact) mass is 460 g/mol. The van der Waals surface area contributed by atoms with E-state index in [1.54, 1.807) is 12.1 Å². The third kappa shape index (κ3) is 4.90. The number of alkyl halides is 2. The fourth-order valence-electron chi connectivity index (χ4n) is 4.37. The average Bonchev–Trinajstić information content (AvgIpc) is 2.82. The lowest BCUT2D eigenvalue weighted by Gasteiger charge is -2.26. The van der Waals surface area contributed by atoms with Crippen LogP contribution in [0.15, 0.2) is 54.6 Å². The smallest absolute Gasteiger partial charge is 0.426 e. The maximum Gasteiger partial charge on any atom is 0.426 e. The number of ether oxygens (including phenoxy) is 1. The van der Waals surface area contributed by atoms with Gasteiger partial charge in [0, 0.05) is 11.6 Å². The van der Waals surface area contributed by atoms with Crippen molar-refractivity contribution >= 4 is 0 Å². The van der Waals surface area contributed by atoms with Crippen LogP contribution in [0.2, 0.25) is 0 Å². The van der Waals surface area contributed by atoms with E-state index in [0.717, 1.165) is 24.0 Å². The molecule has 0 amide bonds. The summed E-state index contributed by atoms with van der Waals surface area (Å²) in [4.78, 5) is 0. The summed E-state index contributed by atoms with van der Waals surface area (Å²) in [6.07, 6.45) is 0.987. The Hall–Kier alpha value is -2.89. The van der Waals surface area contributed by atoms with E-state index in [4.69, 9.17) is 0 Å². The van der Waals surface area contributed by atoms with Gasteiger partial charge >= 0.3 is 6.11 Å². The molecule has 0 radical (unpaired) electrons. The highest BCUT2D eigenvalue weighted by molar-refractivity contribution is 5.64. The number of halogens is 5. The highest BCUT2D eigenvalue weighted by Gasteiger charge is 2.36. The molecule has 0 aromatic heterocycles. The lowest BCUT2D eigenvalue weighted by molar-refractivity contribution is -0.186. The van der Waals surface area contributed by atoms with E-state index in [1.807, 2.05) is 12.1 Å². The molecular formula is C27H25F5O. The van der Waals surface area contributed by atoms with Crippen LogP contribution >= 0.6 is 0 Å². The minimum absolute atomic E-state index is 0.421. The first kappa shape index (κ1) is 23.3. The van der Waals surface area contributed by atoms with Crippen molar-refractivity contribution in [1.29, 1.82) is 0 Å². The first-order chi connectivity index (χ1) is 15.7. The maximum absolute atomic E-state index is 14.6. The lowest BCUT2D eigenvalue weighted by atomic mass is 9.79. The molecule has 0 spiro atoms. The quantitative estimate of drug-likeness (QED) is 0.274. The van der Waals surface area contributed by atoms with E-state index < -0.39 is 40.4 Å². The van der Waals surface area contributed by atoms with Crippen molar-refractivity contribution in [1.82, 2.24) is 0 Å². The molecule has 33 heavy (non-hydrogen) atoms. The average molecular weight is 460 g/mol. The molecular weight excluding hydrogens is 435 g/mol. The summed E-state index contributed by atoms with van der Waals surface area (Å²) in [5, 5.41) is 0. The van der Waals surface area contributed by atoms with Crippen LogP contribution in [0.4, 0.5) is 22.0 Å². The van der Waals surface area contributed by atoms with Gasteiger partial charge in [-0.3, -0.25) is 0 Å². The summed E-state index contributed by atoms with van der Waals surface area (Å²) in [5.74, 6) is -4.28. The normalized spacial score (nSPS) is 18.9. The Kier molecular flexibility index (Phi) is 6.46. The lowest BCUT2D eigenvalue weighted by Crippen LogP contribution is -2.22. The van der Waals surface area contributed by atoms with Crippen molar-refractivity contribution in [2.75, 3.05) is 0 Å². The largest absolute Gasteiger partial charge is 0.428 e. The molecule has 174 valence electrons. The molecule has 0 heterocycles. The van der Waals surface area contributed by atoms with Gasteiger partial charge in [0.2, 0.25) is 0 Å². The van der Waals surface area contributed by atoms with Crippen molar-refractivity contribution in [3.8, 4) is 16.9 Å². The molecule has 0 saturated heterocycles. The van der Waals surface area contributed by atoms with Gasteiger partial charge in [-0.05, 0) is 60.4 Å². The first-order valence-corrected chi connectivity index (χ1v) is 11.1. The van der Waals surface area contributed by atoms with Gasteiger partial charge in [0.25, 0.3) is 0 Å². The van der Waals surface area contributed by atoms with Crippen LogP contribution in [0, 0.1) is 30.3 Å². The van der Waals surface area contributed by atoms with Crippen LogP contribution in [-0.4, -0.2) is 0 Å². The van der Waals surface area contributed by atoms with Gasteiger partial charge in [-0.15, -0.1) is 0 Å². The van der Waals surface area contributed by atoms with Crippen molar-refractivity contribution in [3.63, 3.8) is 0 Å². The van der Waals surface area contributed by atoms with Gasteiger partial charge in [-0.25, -0.2) is 13.2 Å². The second kappa shape index (κ2) is 9.16. The molecule has 0 unspecified atom stereocenters. The van der Waals surface area contributed by atoms with Gasteiger partial charge in [0.15, 0.2) is 17.5 Å². The summed E-state index contributed by atoms with van der Waals surface area (Å²) in [6, 6.07) is 14.1. The highest BCUT2D eigenvalue weighted by atomic mass is 19.3. The van der Waals surface area contributed by atoms with Crippen molar-refractivity contribution < 1.29 is 26.7 Å². The minimum atomic E-state index is -3.86. The number of hydrogen-bond donors (Lipinski definition) is 0. The van der Waals surface area contributed by atoms with Gasteiger partial charge in [0.1, 0.15) is 5.75 Å². The molecule has 0 atom stereocenters. The zero-order valence-corrected chi connectivity index (χ0v) is 18.5. The van der Waals surface area contributed by atoms with Crippen molar-refractivity contribution in [3.05, 3.63) is 88.7 Å². The van der Waals surface area contributed by atoms with Gasteiger partial charge in [-0.1, -0.05) is 56.2 Å². The third-order valence-electron chi connectivity index (χ3n) is 6.55. The second-order valence-electron chi connectivity index (χ2n) is 8.88. The Bertz CT molecular complexity index is 1110. The molecule has 1 aliphatic rings. The van der Waals surface area contributed by atoms with E-state index >= 15 is 0 Å². The molecule has 6 heteroatoms. The maximum atomic E-state index is 14.6. The summed E-state index contributed by atoms with van der Waals surface area (Å²) in [5.41, 5.74) is 1.95. The zero-order chi connectivity index (χ0) is 23.8. The Labute approximate surface area is 190 Å². The van der Waals surface area contributed by atoms with E-state index in [9.17, 15) is 22.0 Å². The number of rotatable bonds is 5. The van der Waals surface area contributed by atoms with Crippen LogP contribution in [0.5, 0.6) is 5.75 Å². The van der Waals surface area contributed by atoms with Crippen LogP contribution in [-0.2, 0) is 6.11 Å². The Morgan fingerprint density at radius 2 is 1.33 bits per heavy atom. The van der Waals surface area contributed by atoms with Gasteiger partial charge < -0.3 is 4.74 Å². The standard InChI is InChI=1S/C27H25F5O/c1-16-3-5-18(6-4-16)19-7-9-20(10-8-19)21-11-13-22(14-12-21)27(31,32)33-24-15-23(28)26(30)25(29)17(24)2/h7-16,18H,3-6H2,1-2H3. The summed E-state index contributed by atoms with van der Waals surface area (Å²) in [7, 11) is 0. The fourth-order valence-corrected chi connectivity index (χ4v) is 4.37. The zero-order valence-electron chi connectivity index (χ0n) is 18.5. The first-order valence-electron chi connectivity index (χ1n) is 11.1. The topological polar surface area (TPSA) is 9.23 Å². The molecule has 1 fully saturated rings. The molecule has 0 aliphatic heterocycles. The molecule has 1 saturated carbocycles. The second-order valence-corrected chi connectivity index (χ2v) is 8.88. The van der Waals surface area contributed by atoms with Gasteiger partial charge in [0.05, 0.1) is 5.56 Å². The SMILES string of the molecule is Cc1c(OC(F)(F)c2ccc(-c3ccc(C4CCC(C)CC4)cc3)cc2)cc(F)c(F)c1F. The van der Waals surface area contributed by atoms with Crippen molar-refractivity contribution in [2.24, 2.45) is 5.92 Å². The molecule has 1 nitrogen and oxygen atoms in total. The number of hydrogen-bond acceptors (Lipinski definition) is 1. The van der Waals surface area contributed by atoms with E-state index in [2.05, 4.69) is 23.8 Å². The minimum Gasteiger partial charge on any atom is -0.428 e. The Morgan fingerprint density at radius 3 is 1.91 bits per heavy atom. The number of benzene rings is 3. The van der Waals surface area contributed by atoms with Gasteiger partial charge in [-0.2, -0.15) is 8.78 Å². The van der Waals surface area contributed by atoms with E-state index in [1.165, 1.54) is 43.4 Å². The predicted molar refractivity (Wildman–Crippen MR) is 118 cm³/mol. The molecule has 4 rings (SSSR count). The van der Waals surface area contributed by atoms with E-state index in [-0.39, 0.29) is 0 Å².